The van der Waals surface area contributed by atoms with E-state index in [1.807, 2.05) is 54.6 Å². The van der Waals surface area contributed by atoms with Crippen LogP contribution in [0.2, 0.25) is 0 Å². The number of aliphatic hydroxyl groups is 1. The van der Waals surface area contributed by atoms with Crippen LogP contribution in [-0.2, 0) is 15.1 Å². The summed E-state index contributed by atoms with van der Waals surface area (Å²) in [4.78, 5) is 14.7. The van der Waals surface area contributed by atoms with E-state index in [0.717, 1.165) is 30.0 Å². The predicted molar refractivity (Wildman–Crippen MR) is 98.7 cm³/mol. The summed E-state index contributed by atoms with van der Waals surface area (Å²) in [6.45, 7) is 4.63. The minimum Gasteiger partial charge on any atom is -0.385 e. The molecule has 1 saturated heterocycles. The van der Waals surface area contributed by atoms with Crippen LogP contribution in [-0.4, -0.2) is 37.3 Å². The Hall–Kier alpha value is -2.37. The molecule has 25 heavy (non-hydrogen) atoms. The van der Waals surface area contributed by atoms with E-state index in [4.69, 9.17) is 4.74 Å². The average Bonchev–Trinajstić information content (AvgIpc) is 2.63. The molecule has 2 N–H and O–H groups in total. The van der Waals surface area contributed by atoms with Crippen LogP contribution < -0.4 is 10.2 Å². The number of ether oxygens (including phenoxy) is 1. The highest BCUT2D eigenvalue weighted by Crippen LogP contribution is 2.29. The zero-order valence-corrected chi connectivity index (χ0v) is 14.4. The molecular weight excluding hydrogens is 316 g/mol. The van der Waals surface area contributed by atoms with Crippen LogP contribution >= 0.6 is 0 Å². The van der Waals surface area contributed by atoms with Crippen LogP contribution in [0.1, 0.15) is 18.9 Å². The molecule has 132 valence electrons. The van der Waals surface area contributed by atoms with Gasteiger partial charge in [0.1, 0.15) is 0 Å². The standard InChI is InChI=1S/C20H24N2O3/c1-20(24,16-7-3-2-4-8-16)15-19(23)21-17-9-5-6-10-18(17)22-11-13-25-14-12-22/h2-10,24H,11-15H2,1H3,(H,21,23). The number of hydrogen-bond donors (Lipinski definition) is 2. The molecule has 0 aromatic heterocycles. The van der Waals surface area contributed by atoms with Crippen molar-refractivity contribution in [3.63, 3.8) is 0 Å². The molecule has 0 radical (unpaired) electrons. The summed E-state index contributed by atoms with van der Waals surface area (Å²) >= 11 is 0. The monoisotopic (exact) mass is 340 g/mol. The van der Waals surface area contributed by atoms with E-state index in [0.29, 0.717) is 13.2 Å². The molecule has 2 aromatic rings. The molecule has 1 unspecified atom stereocenters. The summed E-state index contributed by atoms with van der Waals surface area (Å²) in [5, 5.41) is 13.6. The van der Waals surface area contributed by atoms with Gasteiger partial charge in [0.2, 0.25) is 5.91 Å². The maximum atomic E-state index is 12.5. The lowest BCUT2D eigenvalue weighted by molar-refractivity contribution is -0.120. The Morgan fingerprint density at radius 3 is 2.48 bits per heavy atom. The molecular formula is C20H24N2O3. The molecule has 5 heteroatoms. The zero-order valence-electron chi connectivity index (χ0n) is 14.4. The first kappa shape index (κ1) is 17.5. The van der Waals surface area contributed by atoms with Crippen LogP contribution in [0, 0.1) is 0 Å². The van der Waals surface area contributed by atoms with Gasteiger partial charge in [-0.25, -0.2) is 0 Å². The van der Waals surface area contributed by atoms with E-state index >= 15 is 0 Å². The third kappa shape index (κ3) is 4.38. The third-order valence-electron chi connectivity index (χ3n) is 4.43. The SMILES string of the molecule is CC(O)(CC(=O)Nc1ccccc1N1CCOCC1)c1ccccc1. The zero-order chi connectivity index (χ0) is 17.7. The third-order valence-corrected chi connectivity index (χ3v) is 4.43. The Morgan fingerprint density at radius 2 is 1.76 bits per heavy atom. The second-order valence-corrected chi connectivity index (χ2v) is 6.48. The highest BCUT2D eigenvalue weighted by Gasteiger charge is 2.27. The molecule has 0 spiro atoms. The van der Waals surface area contributed by atoms with Gasteiger partial charge in [0.05, 0.1) is 36.6 Å². The number of morpholine rings is 1. The molecule has 1 fully saturated rings. The lowest BCUT2D eigenvalue weighted by Gasteiger charge is -2.31. The molecule has 1 amide bonds. The average molecular weight is 340 g/mol. The summed E-state index contributed by atoms with van der Waals surface area (Å²) < 4.78 is 5.39. The van der Waals surface area contributed by atoms with Crippen LogP contribution in [0.15, 0.2) is 54.6 Å². The van der Waals surface area contributed by atoms with Crippen molar-refractivity contribution >= 4 is 17.3 Å². The fraction of sp³-hybridized carbons (Fsp3) is 0.350. The van der Waals surface area contributed by atoms with Crippen molar-refractivity contribution in [1.29, 1.82) is 0 Å². The van der Waals surface area contributed by atoms with Crippen molar-refractivity contribution < 1.29 is 14.6 Å². The highest BCUT2D eigenvalue weighted by molar-refractivity contribution is 5.95. The van der Waals surface area contributed by atoms with E-state index in [1.165, 1.54) is 0 Å². The van der Waals surface area contributed by atoms with Crippen molar-refractivity contribution in [1.82, 2.24) is 0 Å². The molecule has 1 aliphatic rings. The maximum absolute atomic E-state index is 12.5. The number of anilines is 2. The first-order chi connectivity index (χ1) is 12.1. The van der Waals surface area contributed by atoms with E-state index < -0.39 is 5.60 Å². The predicted octanol–water partition coefficient (Wildman–Crippen LogP) is 2.76. The van der Waals surface area contributed by atoms with Gasteiger partial charge in [0.15, 0.2) is 0 Å². The second-order valence-electron chi connectivity index (χ2n) is 6.48. The number of rotatable bonds is 5. The van der Waals surface area contributed by atoms with Crippen molar-refractivity contribution in [3.8, 4) is 0 Å². The Labute approximate surface area is 148 Å². The summed E-state index contributed by atoms with van der Waals surface area (Å²) in [7, 11) is 0. The Kier molecular flexibility index (Phi) is 5.36. The lowest BCUT2D eigenvalue weighted by atomic mass is 9.92. The van der Waals surface area contributed by atoms with Gasteiger partial charge in [-0.1, -0.05) is 42.5 Å². The topological polar surface area (TPSA) is 61.8 Å². The van der Waals surface area contributed by atoms with Crippen LogP contribution in [0.25, 0.3) is 0 Å². The first-order valence-electron chi connectivity index (χ1n) is 8.56. The molecule has 0 bridgehead atoms. The lowest BCUT2D eigenvalue weighted by Crippen LogP contribution is -2.37. The largest absolute Gasteiger partial charge is 0.385 e. The Morgan fingerprint density at radius 1 is 1.12 bits per heavy atom. The molecule has 0 aliphatic carbocycles. The number of carbonyl (C=O) groups is 1. The number of amides is 1. The Balaban J connectivity index is 1.71. The van der Waals surface area contributed by atoms with Crippen molar-refractivity contribution in [2.75, 3.05) is 36.5 Å². The molecule has 2 aromatic carbocycles. The highest BCUT2D eigenvalue weighted by atomic mass is 16.5. The normalized spacial score (nSPS) is 17.0. The fourth-order valence-electron chi connectivity index (χ4n) is 3.07. The quantitative estimate of drug-likeness (QED) is 0.879. The minimum absolute atomic E-state index is 0.00550. The number of benzene rings is 2. The van der Waals surface area contributed by atoms with Gasteiger partial charge in [-0.05, 0) is 24.6 Å². The van der Waals surface area contributed by atoms with Crippen LogP contribution in [0.3, 0.4) is 0 Å². The number of hydrogen-bond acceptors (Lipinski definition) is 4. The van der Waals surface area contributed by atoms with Gasteiger partial charge in [-0.3, -0.25) is 4.79 Å². The van der Waals surface area contributed by atoms with Gasteiger partial charge >= 0.3 is 0 Å². The summed E-state index contributed by atoms with van der Waals surface area (Å²) in [5.74, 6) is -0.213. The first-order valence-corrected chi connectivity index (χ1v) is 8.56. The minimum atomic E-state index is -1.21. The van der Waals surface area contributed by atoms with Crippen LogP contribution in [0.5, 0.6) is 0 Å². The summed E-state index contributed by atoms with van der Waals surface area (Å²) in [5.41, 5.74) is 1.27. The number of carbonyl (C=O) groups excluding carboxylic acids is 1. The van der Waals surface area contributed by atoms with E-state index in [9.17, 15) is 9.90 Å². The number of nitrogens with one attached hydrogen (secondary N) is 1. The summed E-state index contributed by atoms with van der Waals surface area (Å²) in [6.07, 6.45) is -0.00550. The van der Waals surface area contributed by atoms with Gasteiger partial charge in [-0.15, -0.1) is 0 Å². The van der Waals surface area contributed by atoms with E-state index in [1.54, 1.807) is 6.92 Å². The van der Waals surface area contributed by atoms with Gasteiger partial charge < -0.3 is 20.1 Å². The van der Waals surface area contributed by atoms with Gasteiger partial charge in [-0.2, -0.15) is 0 Å². The molecule has 5 nitrogen and oxygen atoms in total. The van der Waals surface area contributed by atoms with E-state index in [2.05, 4.69) is 10.2 Å². The second kappa shape index (κ2) is 7.68. The van der Waals surface area contributed by atoms with E-state index in [-0.39, 0.29) is 12.3 Å². The van der Waals surface area contributed by atoms with Gasteiger partial charge in [0.25, 0.3) is 0 Å². The molecule has 1 aliphatic heterocycles. The fourth-order valence-corrected chi connectivity index (χ4v) is 3.07. The smallest absolute Gasteiger partial charge is 0.227 e. The number of para-hydroxylation sites is 2. The van der Waals surface area contributed by atoms with Crippen molar-refractivity contribution in [3.05, 3.63) is 60.2 Å². The molecule has 1 heterocycles. The van der Waals surface area contributed by atoms with Crippen molar-refractivity contribution in [2.24, 2.45) is 0 Å². The van der Waals surface area contributed by atoms with Crippen LogP contribution in [0.4, 0.5) is 11.4 Å². The Bertz CT molecular complexity index is 710. The van der Waals surface area contributed by atoms with Crippen molar-refractivity contribution in [2.45, 2.75) is 18.9 Å². The summed E-state index contributed by atoms with van der Waals surface area (Å²) in [6, 6.07) is 17.0. The number of nitrogens with zero attached hydrogens (tertiary/aromatic N) is 1. The van der Waals surface area contributed by atoms with Gasteiger partial charge in [0, 0.05) is 13.1 Å². The maximum Gasteiger partial charge on any atom is 0.227 e. The molecule has 1 atom stereocenters. The molecule has 3 rings (SSSR count). The molecule has 0 saturated carbocycles.